The maximum absolute atomic E-state index is 13.6. The summed E-state index contributed by atoms with van der Waals surface area (Å²) in [5, 5.41) is 3.49. The Balaban J connectivity index is 2.11. The number of benzene rings is 2. The molecule has 0 bridgehead atoms. The summed E-state index contributed by atoms with van der Waals surface area (Å²) in [6, 6.07) is 7.99. The molecule has 0 unspecified atom stereocenters. The van der Waals surface area contributed by atoms with Gasteiger partial charge >= 0.3 is 0 Å². The molecule has 3 rings (SSSR count). The van der Waals surface area contributed by atoms with E-state index in [0.29, 0.717) is 33.5 Å². The molecule has 1 aromatic heterocycles. The van der Waals surface area contributed by atoms with Crippen molar-refractivity contribution in [2.24, 2.45) is 0 Å². The highest BCUT2D eigenvalue weighted by atomic mass is 19.1. The number of rotatable bonds is 2. The summed E-state index contributed by atoms with van der Waals surface area (Å²) in [4.78, 5) is 18.3. The first-order valence-corrected chi connectivity index (χ1v) is 6.35. The van der Waals surface area contributed by atoms with E-state index in [1.165, 1.54) is 12.4 Å². The zero-order valence-electron chi connectivity index (χ0n) is 11.3. The summed E-state index contributed by atoms with van der Waals surface area (Å²) in [5.41, 5.74) is 8.31. The van der Waals surface area contributed by atoms with Crippen LogP contribution in [0.4, 0.5) is 21.5 Å². The number of nitrogens with zero attached hydrogens (tertiary/aromatic N) is 1. The summed E-state index contributed by atoms with van der Waals surface area (Å²) >= 11 is 0. The summed E-state index contributed by atoms with van der Waals surface area (Å²) in [7, 11) is 0. The summed E-state index contributed by atoms with van der Waals surface area (Å²) in [6.45, 7) is 1.68. The molecule has 1 heterocycles. The molecule has 4 N–H and O–H groups in total. The monoisotopic (exact) mass is 284 g/mol. The fourth-order valence-electron chi connectivity index (χ4n) is 2.13. The van der Waals surface area contributed by atoms with Gasteiger partial charge in [0.15, 0.2) is 0 Å². The molecule has 0 saturated heterocycles. The minimum Gasteiger partial charge on any atom is -0.397 e. The number of nitrogen functional groups attached to an aromatic ring is 1. The predicted molar refractivity (Wildman–Crippen MR) is 81.2 cm³/mol. The number of fused-ring (bicyclic) bond motifs is 1. The van der Waals surface area contributed by atoms with Crippen LogP contribution in [0.15, 0.2) is 41.5 Å². The molecule has 0 aliphatic heterocycles. The summed E-state index contributed by atoms with van der Waals surface area (Å²) in [5.74, 6) is -0.297. The molecular formula is C15H13FN4O. The standard InChI is InChI=1S/C15H13FN4O/c1-8-10(16)3-2-4-12(8)20-14-6-13-9(5-11(14)17)15(21)19-7-18-13/h2-7,20H,17H2,1H3,(H,18,19,21). The highest BCUT2D eigenvalue weighted by Gasteiger charge is 2.08. The van der Waals surface area contributed by atoms with Gasteiger partial charge in [0.25, 0.3) is 5.56 Å². The molecule has 0 amide bonds. The third-order valence-electron chi connectivity index (χ3n) is 3.35. The molecule has 0 saturated carbocycles. The van der Waals surface area contributed by atoms with E-state index in [0.717, 1.165) is 0 Å². The van der Waals surface area contributed by atoms with Gasteiger partial charge in [0.2, 0.25) is 0 Å². The molecule has 0 fully saturated rings. The van der Waals surface area contributed by atoms with Crippen molar-refractivity contribution in [3.05, 3.63) is 58.4 Å². The van der Waals surface area contributed by atoms with Gasteiger partial charge in [-0.2, -0.15) is 0 Å². The van der Waals surface area contributed by atoms with Crippen molar-refractivity contribution in [3.63, 3.8) is 0 Å². The second-order valence-corrected chi connectivity index (χ2v) is 4.73. The quantitative estimate of drug-likeness (QED) is 0.632. The van der Waals surface area contributed by atoms with E-state index in [1.54, 1.807) is 31.2 Å². The van der Waals surface area contributed by atoms with Crippen LogP contribution in [0.2, 0.25) is 0 Å². The van der Waals surface area contributed by atoms with Crippen LogP contribution < -0.4 is 16.6 Å². The lowest BCUT2D eigenvalue weighted by molar-refractivity contribution is 0.619. The van der Waals surface area contributed by atoms with Crippen molar-refractivity contribution < 1.29 is 4.39 Å². The van der Waals surface area contributed by atoms with Crippen molar-refractivity contribution in [1.29, 1.82) is 0 Å². The lowest BCUT2D eigenvalue weighted by Crippen LogP contribution is -2.08. The molecule has 3 aromatic rings. The van der Waals surface area contributed by atoms with Gasteiger partial charge < -0.3 is 16.0 Å². The van der Waals surface area contributed by atoms with E-state index in [4.69, 9.17) is 5.73 Å². The van der Waals surface area contributed by atoms with Gasteiger partial charge in [-0.15, -0.1) is 0 Å². The number of aromatic nitrogens is 2. The smallest absolute Gasteiger partial charge is 0.258 e. The topological polar surface area (TPSA) is 83.8 Å². The van der Waals surface area contributed by atoms with E-state index in [9.17, 15) is 9.18 Å². The normalized spacial score (nSPS) is 10.8. The molecule has 5 nitrogen and oxygen atoms in total. The highest BCUT2D eigenvalue weighted by molar-refractivity contribution is 5.89. The molecule has 6 heteroatoms. The Hall–Kier alpha value is -2.89. The summed E-state index contributed by atoms with van der Waals surface area (Å²) in [6.07, 6.45) is 1.33. The van der Waals surface area contributed by atoms with Crippen molar-refractivity contribution in [2.75, 3.05) is 11.1 Å². The lowest BCUT2D eigenvalue weighted by Gasteiger charge is -2.12. The molecule has 0 radical (unpaired) electrons. The van der Waals surface area contributed by atoms with Crippen molar-refractivity contribution in [3.8, 4) is 0 Å². The summed E-state index contributed by atoms with van der Waals surface area (Å²) < 4.78 is 13.6. The Bertz CT molecular complexity index is 888. The average Bonchev–Trinajstić information content (AvgIpc) is 2.46. The number of hydrogen-bond donors (Lipinski definition) is 3. The second kappa shape index (κ2) is 4.90. The number of halogens is 1. The van der Waals surface area contributed by atoms with E-state index in [2.05, 4.69) is 15.3 Å². The molecule has 106 valence electrons. The number of nitrogens with one attached hydrogen (secondary N) is 2. The van der Waals surface area contributed by atoms with Crippen LogP contribution in [-0.4, -0.2) is 9.97 Å². The fraction of sp³-hybridized carbons (Fsp3) is 0.0667. The first-order chi connectivity index (χ1) is 10.1. The lowest BCUT2D eigenvalue weighted by atomic mass is 10.1. The van der Waals surface area contributed by atoms with Gasteiger partial charge in [0.05, 0.1) is 28.6 Å². The molecule has 0 atom stereocenters. The zero-order valence-corrected chi connectivity index (χ0v) is 11.3. The molecular weight excluding hydrogens is 271 g/mol. The predicted octanol–water partition coefficient (Wildman–Crippen LogP) is 2.70. The van der Waals surface area contributed by atoms with Crippen molar-refractivity contribution in [1.82, 2.24) is 9.97 Å². The van der Waals surface area contributed by atoms with E-state index in [1.807, 2.05) is 0 Å². The Kier molecular flexibility index (Phi) is 3.06. The van der Waals surface area contributed by atoms with Crippen LogP contribution in [0.5, 0.6) is 0 Å². The van der Waals surface area contributed by atoms with E-state index < -0.39 is 0 Å². The van der Waals surface area contributed by atoms with Gasteiger partial charge in [0, 0.05) is 11.3 Å². The van der Waals surface area contributed by atoms with Gasteiger partial charge in [-0.05, 0) is 31.2 Å². The average molecular weight is 284 g/mol. The van der Waals surface area contributed by atoms with Crippen LogP contribution in [0, 0.1) is 12.7 Å². The van der Waals surface area contributed by atoms with Crippen molar-refractivity contribution >= 4 is 28.0 Å². The number of hydrogen-bond acceptors (Lipinski definition) is 4. The third-order valence-corrected chi connectivity index (χ3v) is 3.35. The minimum atomic E-state index is -0.297. The van der Waals surface area contributed by atoms with Crippen LogP contribution >= 0.6 is 0 Å². The molecule has 21 heavy (non-hydrogen) atoms. The number of H-pyrrole nitrogens is 1. The van der Waals surface area contributed by atoms with Crippen LogP contribution in [-0.2, 0) is 0 Å². The third kappa shape index (κ3) is 2.31. The molecule has 2 aromatic carbocycles. The number of anilines is 3. The Morgan fingerprint density at radius 1 is 1.29 bits per heavy atom. The maximum Gasteiger partial charge on any atom is 0.258 e. The van der Waals surface area contributed by atoms with Crippen molar-refractivity contribution in [2.45, 2.75) is 6.92 Å². The Labute approximate surface area is 119 Å². The van der Waals surface area contributed by atoms with Gasteiger partial charge in [-0.3, -0.25) is 4.79 Å². The van der Waals surface area contributed by atoms with Gasteiger partial charge in [0.1, 0.15) is 5.82 Å². The fourth-order valence-corrected chi connectivity index (χ4v) is 2.13. The Morgan fingerprint density at radius 3 is 2.90 bits per heavy atom. The first kappa shape index (κ1) is 13.1. The van der Waals surface area contributed by atoms with E-state index >= 15 is 0 Å². The van der Waals surface area contributed by atoms with E-state index in [-0.39, 0.29) is 11.4 Å². The Morgan fingerprint density at radius 2 is 2.10 bits per heavy atom. The zero-order chi connectivity index (χ0) is 15.0. The minimum absolute atomic E-state index is 0.250. The van der Waals surface area contributed by atoms with Crippen LogP contribution in [0.25, 0.3) is 10.9 Å². The second-order valence-electron chi connectivity index (χ2n) is 4.73. The molecule has 0 spiro atoms. The highest BCUT2D eigenvalue weighted by Crippen LogP contribution is 2.28. The van der Waals surface area contributed by atoms with Gasteiger partial charge in [-0.1, -0.05) is 6.07 Å². The van der Waals surface area contributed by atoms with Crippen LogP contribution in [0.1, 0.15) is 5.56 Å². The number of aromatic amines is 1. The molecule has 0 aliphatic carbocycles. The van der Waals surface area contributed by atoms with Crippen LogP contribution in [0.3, 0.4) is 0 Å². The SMILES string of the molecule is Cc1c(F)cccc1Nc1cc2nc[nH]c(=O)c2cc1N. The first-order valence-electron chi connectivity index (χ1n) is 6.35. The van der Waals surface area contributed by atoms with Gasteiger partial charge in [-0.25, -0.2) is 9.37 Å². The molecule has 0 aliphatic rings. The maximum atomic E-state index is 13.6. The largest absolute Gasteiger partial charge is 0.397 e. The number of nitrogens with two attached hydrogens (primary N) is 1.